The molecule has 172 valence electrons. The highest BCUT2D eigenvalue weighted by atomic mass is 79.9. The fraction of sp³-hybridized carbons (Fsp3) is 0.222. The number of anilines is 1. The van der Waals surface area contributed by atoms with Crippen molar-refractivity contribution in [2.45, 2.75) is 26.2 Å². The van der Waals surface area contributed by atoms with Gasteiger partial charge in [-0.2, -0.15) is 0 Å². The lowest BCUT2D eigenvalue weighted by molar-refractivity contribution is 0.0601. The Labute approximate surface area is 210 Å². The molecule has 7 heteroatoms. The van der Waals surface area contributed by atoms with E-state index in [0.29, 0.717) is 27.7 Å². The molecule has 4 aromatic rings. The SMILES string of the molecule is COC(=O)c1c(NC(=O)c2cc(-c3ccccc3)nc3ccc(Br)cc23)sc2c1CC[C@H](C)C2. The molecule has 1 N–H and O–H groups in total. The van der Waals surface area contributed by atoms with E-state index in [0.717, 1.165) is 50.6 Å². The molecule has 0 bridgehead atoms. The average Bonchev–Trinajstić information content (AvgIpc) is 3.20. The van der Waals surface area contributed by atoms with Gasteiger partial charge in [-0.05, 0) is 55.0 Å². The molecule has 2 aromatic carbocycles. The quantitative estimate of drug-likeness (QED) is 0.289. The lowest BCUT2D eigenvalue weighted by atomic mass is 9.88. The minimum atomic E-state index is -0.408. The van der Waals surface area contributed by atoms with Gasteiger partial charge in [0.25, 0.3) is 5.91 Å². The van der Waals surface area contributed by atoms with Gasteiger partial charge < -0.3 is 10.1 Å². The maximum Gasteiger partial charge on any atom is 0.341 e. The molecule has 0 saturated carbocycles. The van der Waals surface area contributed by atoms with Crippen LogP contribution in [0.5, 0.6) is 0 Å². The van der Waals surface area contributed by atoms with Gasteiger partial charge in [0.1, 0.15) is 5.00 Å². The monoisotopic (exact) mass is 534 g/mol. The molecule has 0 saturated heterocycles. The number of pyridine rings is 1. The number of benzene rings is 2. The van der Waals surface area contributed by atoms with Crippen molar-refractivity contribution < 1.29 is 14.3 Å². The predicted molar refractivity (Wildman–Crippen MR) is 140 cm³/mol. The lowest BCUT2D eigenvalue weighted by Gasteiger charge is -2.18. The number of halogens is 1. The number of amides is 1. The second kappa shape index (κ2) is 9.31. The number of carbonyl (C=O) groups is 2. The van der Waals surface area contributed by atoms with E-state index < -0.39 is 5.97 Å². The van der Waals surface area contributed by atoms with Crippen LogP contribution in [0.25, 0.3) is 22.2 Å². The van der Waals surface area contributed by atoms with Gasteiger partial charge in [-0.1, -0.05) is 53.2 Å². The fourth-order valence-corrected chi connectivity index (χ4v) is 6.22. The van der Waals surface area contributed by atoms with Gasteiger partial charge in [0.2, 0.25) is 0 Å². The third kappa shape index (κ3) is 4.26. The first-order valence-corrected chi connectivity index (χ1v) is 12.8. The van der Waals surface area contributed by atoms with Crippen LogP contribution >= 0.6 is 27.3 Å². The molecule has 0 radical (unpaired) electrons. The molecule has 0 aliphatic heterocycles. The van der Waals surface area contributed by atoms with Crippen LogP contribution in [0.4, 0.5) is 5.00 Å². The molecule has 2 aromatic heterocycles. The van der Waals surface area contributed by atoms with E-state index in [1.54, 1.807) is 0 Å². The lowest BCUT2D eigenvalue weighted by Crippen LogP contribution is -2.16. The Morgan fingerprint density at radius 1 is 1.15 bits per heavy atom. The molecule has 5 rings (SSSR count). The van der Waals surface area contributed by atoms with Crippen LogP contribution in [0, 0.1) is 5.92 Å². The maximum absolute atomic E-state index is 13.7. The highest BCUT2D eigenvalue weighted by Crippen LogP contribution is 2.40. The number of nitrogens with zero attached hydrogens (tertiary/aromatic N) is 1. The summed E-state index contributed by atoms with van der Waals surface area (Å²) >= 11 is 5.00. The van der Waals surface area contributed by atoms with E-state index in [9.17, 15) is 9.59 Å². The first kappa shape index (κ1) is 22.7. The van der Waals surface area contributed by atoms with Crippen molar-refractivity contribution in [3.63, 3.8) is 0 Å². The number of fused-ring (bicyclic) bond motifs is 2. The highest BCUT2D eigenvalue weighted by Gasteiger charge is 2.29. The standard InChI is InChI=1S/C27H23BrN2O3S/c1-15-8-10-18-23(12-15)34-26(24(18)27(32)33-2)30-25(31)20-14-22(16-6-4-3-5-7-16)29-21-11-9-17(28)13-19(20)21/h3-7,9,11,13-15H,8,10,12H2,1-2H3,(H,30,31)/t15-/m0/s1. The largest absolute Gasteiger partial charge is 0.465 e. The Bertz CT molecular complexity index is 1410. The summed E-state index contributed by atoms with van der Waals surface area (Å²) in [5.41, 5.74) is 4.37. The van der Waals surface area contributed by atoms with Crippen LogP contribution in [0.3, 0.4) is 0 Å². The van der Waals surface area contributed by atoms with Crippen molar-refractivity contribution in [1.29, 1.82) is 0 Å². The molecule has 1 aliphatic rings. The van der Waals surface area contributed by atoms with Crippen LogP contribution < -0.4 is 5.32 Å². The molecular weight excluding hydrogens is 512 g/mol. The third-order valence-electron chi connectivity index (χ3n) is 6.21. The summed E-state index contributed by atoms with van der Waals surface area (Å²) in [6.07, 6.45) is 2.74. The second-order valence-electron chi connectivity index (χ2n) is 8.58. The Kier molecular flexibility index (Phi) is 6.23. The van der Waals surface area contributed by atoms with Crippen molar-refractivity contribution >= 4 is 55.0 Å². The molecule has 1 atom stereocenters. The van der Waals surface area contributed by atoms with E-state index >= 15 is 0 Å². The van der Waals surface area contributed by atoms with Crippen LogP contribution in [-0.4, -0.2) is 24.0 Å². The normalized spacial score (nSPS) is 15.1. The van der Waals surface area contributed by atoms with Crippen molar-refractivity contribution in [2.75, 3.05) is 12.4 Å². The fourth-order valence-electron chi connectivity index (χ4n) is 4.47. The Hall–Kier alpha value is -3.03. The number of thiophene rings is 1. The molecule has 34 heavy (non-hydrogen) atoms. The number of rotatable bonds is 4. The Balaban J connectivity index is 1.61. The first-order valence-electron chi connectivity index (χ1n) is 11.1. The van der Waals surface area contributed by atoms with Gasteiger partial charge in [-0.3, -0.25) is 4.79 Å². The maximum atomic E-state index is 13.7. The minimum Gasteiger partial charge on any atom is -0.465 e. The zero-order valence-corrected chi connectivity index (χ0v) is 21.3. The van der Waals surface area contributed by atoms with Gasteiger partial charge >= 0.3 is 5.97 Å². The van der Waals surface area contributed by atoms with Crippen molar-refractivity contribution in [3.8, 4) is 11.3 Å². The van der Waals surface area contributed by atoms with E-state index in [-0.39, 0.29) is 5.91 Å². The topological polar surface area (TPSA) is 68.3 Å². The molecule has 1 aliphatic carbocycles. The highest BCUT2D eigenvalue weighted by molar-refractivity contribution is 9.10. The number of carbonyl (C=O) groups excluding carboxylic acids is 2. The molecule has 0 fully saturated rings. The summed E-state index contributed by atoms with van der Waals surface area (Å²) in [5, 5.41) is 4.33. The summed E-state index contributed by atoms with van der Waals surface area (Å²) < 4.78 is 5.94. The number of aromatic nitrogens is 1. The minimum absolute atomic E-state index is 0.278. The van der Waals surface area contributed by atoms with Crippen molar-refractivity contribution in [2.24, 2.45) is 5.92 Å². The van der Waals surface area contributed by atoms with Gasteiger partial charge in [0.05, 0.1) is 29.4 Å². The Morgan fingerprint density at radius 2 is 1.94 bits per heavy atom. The Morgan fingerprint density at radius 3 is 2.71 bits per heavy atom. The summed E-state index contributed by atoms with van der Waals surface area (Å²) in [7, 11) is 1.38. The van der Waals surface area contributed by atoms with E-state index in [2.05, 4.69) is 28.2 Å². The van der Waals surface area contributed by atoms with Crippen LogP contribution in [0.15, 0.2) is 59.1 Å². The number of nitrogens with one attached hydrogen (secondary N) is 1. The second-order valence-corrected chi connectivity index (χ2v) is 10.6. The molecule has 1 amide bonds. The van der Waals surface area contributed by atoms with Gasteiger partial charge in [0, 0.05) is 20.3 Å². The molecule has 2 heterocycles. The number of ether oxygens (including phenoxy) is 1. The first-order chi connectivity index (χ1) is 16.4. The third-order valence-corrected chi connectivity index (χ3v) is 7.88. The number of esters is 1. The van der Waals surface area contributed by atoms with Crippen LogP contribution in [0.1, 0.15) is 44.5 Å². The predicted octanol–water partition coefficient (Wildman–Crippen LogP) is 6.89. The number of hydrogen-bond donors (Lipinski definition) is 1. The number of hydrogen-bond acceptors (Lipinski definition) is 5. The molecule has 0 spiro atoms. The van der Waals surface area contributed by atoms with Gasteiger partial charge in [-0.15, -0.1) is 11.3 Å². The van der Waals surface area contributed by atoms with Gasteiger partial charge in [0.15, 0.2) is 0 Å². The van der Waals surface area contributed by atoms with Crippen LogP contribution in [0.2, 0.25) is 0 Å². The van der Waals surface area contributed by atoms with E-state index in [1.165, 1.54) is 18.4 Å². The summed E-state index contributed by atoms with van der Waals surface area (Å²) in [5.74, 6) is -0.135. The van der Waals surface area contributed by atoms with Crippen molar-refractivity contribution in [1.82, 2.24) is 4.98 Å². The summed E-state index contributed by atoms with van der Waals surface area (Å²) in [6.45, 7) is 2.21. The molecule has 0 unspecified atom stereocenters. The zero-order valence-electron chi connectivity index (χ0n) is 18.9. The van der Waals surface area contributed by atoms with Crippen LogP contribution in [-0.2, 0) is 17.6 Å². The number of methoxy groups -OCH3 is 1. The van der Waals surface area contributed by atoms with E-state index in [4.69, 9.17) is 9.72 Å². The summed E-state index contributed by atoms with van der Waals surface area (Å²) in [4.78, 5) is 32.3. The summed E-state index contributed by atoms with van der Waals surface area (Å²) in [6, 6.07) is 17.3. The average molecular weight is 535 g/mol. The molecule has 5 nitrogen and oxygen atoms in total. The smallest absolute Gasteiger partial charge is 0.341 e. The zero-order chi connectivity index (χ0) is 23.8. The van der Waals surface area contributed by atoms with Gasteiger partial charge in [-0.25, -0.2) is 9.78 Å². The molecular formula is C27H23BrN2O3S. The van der Waals surface area contributed by atoms with E-state index in [1.807, 2.05) is 54.6 Å². The van der Waals surface area contributed by atoms with Crippen molar-refractivity contribution in [3.05, 3.63) is 80.6 Å².